The molecule has 0 radical (unpaired) electrons. The fourth-order valence-corrected chi connectivity index (χ4v) is 4.44. The number of nitrogens with zero attached hydrogens (tertiary/aromatic N) is 4. The van der Waals surface area contributed by atoms with Crippen molar-refractivity contribution < 1.29 is 12.9 Å². The summed E-state index contributed by atoms with van der Waals surface area (Å²) in [6, 6.07) is 11.0. The van der Waals surface area contributed by atoms with Gasteiger partial charge >= 0.3 is 10.2 Å². The molecule has 0 fully saturated rings. The predicted octanol–water partition coefficient (Wildman–Crippen LogP) is 2.91. The summed E-state index contributed by atoms with van der Waals surface area (Å²) in [5.74, 6) is -0.176. The average Bonchev–Trinajstić information content (AvgIpc) is 3.46. The van der Waals surface area contributed by atoms with Gasteiger partial charge < -0.3 is 20.5 Å². The van der Waals surface area contributed by atoms with Gasteiger partial charge in [0.1, 0.15) is 0 Å². The van der Waals surface area contributed by atoms with Crippen molar-refractivity contribution in [3.63, 3.8) is 0 Å². The molecule has 0 amide bonds. The Kier molecular flexibility index (Phi) is 6.96. The fourth-order valence-electron chi connectivity index (χ4n) is 3.27. The summed E-state index contributed by atoms with van der Waals surface area (Å²) in [5.41, 5.74) is 3.09. The van der Waals surface area contributed by atoms with Crippen LogP contribution in [0.1, 0.15) is 12.5 Å². The first-order valence-electron chi connectivity index (χ1n) is 10.2. The van der Waals surface area contributed by atoms with Gasteiger partial charge in [-0.05, 0) is 41.5 Å². The van der Waals surface area contributed by atoms with E-state index in [2.05, 4.69) is 47.4 Å². The van der Waals surface area contributed by atoms with Gasteiger partial charge in [-0.1, -0.05) is 30.7 Å². The maximum absolute atomic E-state index is 12.7. The monoisotopic (exact) mass is 490 g/mol. The largest absolute Gasteiger partial charge is 0.383 e. The zero-order valence-electron chi connectivity index (χ0n) is 17.7. The second-order valence-electron chi connectivity index (χ2n) is 7.02. The molecule has 0 aliphatic carbocycles. The lowest BCUT2D eigenvalue weighted by molar-refractivity contribution is 0.419. The minimum absolute atomic E-state index is 0.176. The van der Waals surface area contributed by atoms with Gasteiger partial charge in [0.05, 0.1) is 11.7 Å². The number of hydrogen-bond donors (Lipinski definition) is 4. The zero-order chi connectivity index (χ0) is 23.3. The summed E-state index contributed by atoms with van der Waals surface area (Å²) in [5, 5.41) is 18.8. The average molecular weight is 491 g/mol. The number of nitrogens with one attached hydrogen (secondary N) is 4. The maximum atomic E-state index is 12.7. The van der Waals surface area contributed by atoms with E-state index in [4.69, 9.17) is 11.6 Å². The molecule has 2 heterocycles. The summed E-state index contributed by atoms with van der Waals surface area (Å²) in [4.78, 5) is 3.68. The SMILES string of the molecule is CCNCCNc1cc(Cl)ccc1CNc1cccc2c1cnn2S(=O)(=O)Nc1ncon1. The molecule has 0 unspecified atom stereocenters. The molecule has 0 bridgehead atoms. The van der Waals surface area contributed by atoms with Gasteiger partial charge in [-0.3, -0.25) is 0 Å². The number of rotatable bonds is 11. The summed E-state index contributed by atoms with van der Waals surface area (Å²) in [6.07, 6.45) is 2.52. The van der Waals surface area contributed by atoms with E-state index < -0.39 is 10.2 Å². The molecule has 0 saturated heterocycles. The van der Waals surface area contributed by atoms with Gasteiger partial charge in [-0.15, -0.1) is 4.09 Å². The number of anilines is 3. The van der Waals surface area contributed by atoms with Crippen LogP contribution in [0.5, 0.6) is 0 Å². The Morgan fingerprint density at radius 2 is 2.00 bits per heavy atom. The van der Waals surface area contributed by atoms with Crippen LogP contribution in [0.3, 0.4) is 0 Å². The van der Waals surface area contributed by atoms with Crippen LogP contribution in [0.2, 0.25) is 5.02 Å². The van der Waals surface area contributed by atoms with Crippen LogP contribution in [-0.4, -0.2) is 47.4 Å². The second kappa shape index (κ2) is 10.1. The van der Waals surface area contributed by atoms with Crippen molar-refractivity contribution in [1.82, 2.24) is 24.6 Å². The molecule has 0 spiro atoms. The van der Waals surface area contributed by atoms with Crippen LogP contribution < -0.4 is 20.7 Å². The summed E-state index contributed by atoms with van der Waals surface area (Å²) < 4.78 is 33.1. The number of aromatic nitrogens is 4. The van der Waals surface area contributed by atoms with Gasteiger partial charge in [-0.2, -0.15) is 18.5 Å². The number of fused-ring (bicyclic) bond motifs is 1. The third-order valence-corrected chi connectivity index (χ3v) is 6.22. The molecule has 2 aromatic carbocycles. The van der Waals surface area contributed by atoms with Gasteiger partial charge in [0, 0.05) is 41.4 Å². The molecule has 33 heavy (non-hydrogen) atoms. The summed E-state index contributed by atoms with van der Waals surface area (Å²) >= 11 is 6.18. The van der Waals surface area contributed by atoms with Crippen LogP contribution >= 0.6 is 11.6 Å². The molecule has 11 nitrogen and oxygen atoms in total. The summed E-state index contributed by atoms with van der Waals surface area (Å²) in [6.45, 7) is 5.06. The minimum Gasteiger partial charge on any atom is -0.383 e. The summed E-state index contributed by atoms with van der Waals surface area (Å²) in [7, 11) is -4.06. The molecule has 0 aliphatic rings. The molecular weight excluding hydrogens is 468 g/mol. The topological polar surface area (TPSA) is 139 Å². The van der Waals surface area contributed by atoms with Crippen LogP contribution in [0, 0.1) is 0 Å². The van der Waals surface area contributed by atoms with E-state index in [0.717, 1.165) is 47.1 Å². The Morgan fingerprint density at radius 3 is 2.79 bits per heavy atom. The van der Waals surface area contributed by atoms with Gasteiger partial charge in [0.25, 0.3) is 5.95 Å². The van der Waals surface area contributed by atoms with Crippen molar-refractivity contribution in [1.29, 1.82) is 0 Å². The van der Waals surface area contributed by atoms with Crippen LogP contribution in [0.25, 0.3) is 10.9 Å². The Labute approximate surface area is 195 Å². The fraction of sp³-hybridized carbons (Fsp3) is 0.250. The molecule has 13 heteroatoms. The number of hydrogen-bond acceptors (Lipinski definition) is 9. The third kappa shape index (κ3) is 5.35. The Balaban J connectivity index is 1.54. The zero-order valence-corrected chi connectivity index (χ0v) is 19.3. The predicted molar refractivity (Wildman–Crippen MR) is 128 cm³/mol. The van der Waals surface area contributed by atoms with E-state index in [1.54, 1.807) is 12.1 Å². The lowest BCUT2D eigenvalue weighted by Crippen LogP contribution is -2.23. The van der Waals surface area contributed by atoms with E-state index in [1.165, 1.54) is 6.20 Å². The maximum Gasteiger partial charge on any atom is 0.345 e. The molecule has 4 rings (SSSR count). The first-order valence-corrected chi connectivity index (χ1v) is 12.0. The number of likely N-dealkylation sites (N-methyl/N-ethyl adjacent to an activating group) is 1. The van der Waals surface area contributed by atoms with Gasteiger partial charge in [0.2, 0.25) is 6.39 Å². The Morgan fingerprint density at radius 1 is 1.12 bits per heavy atom. The van der Waals surface area contributed by atoms with Gasteiger partial charge in [-0.25, -0.2) is 4.72 Å². The molecule has 0 atom stereocenters. The smallest absolute Gasteiger partial charge is 0.345 e. The normalized spacial score (nSPS) is 11.6. The first-order chi connectivity index (χ1) is 16.0. The minimum atomic E-state index is -4.06. The van der Waals surface area contributed by atoms with Crippen molar-refractivity contribution in [2.24, 2.45) is 0 Å². The molecule has 4 N–H and O–H groups in total. The Bertz CT molecular complexity index is 1320. The van der Waals surface area contributed by atoms with E-state index >= 15 is 0 Å². The highest BCUT2D eigenvalue weighted by molar-refractivity contribution is 7.91. The highest BCUT2D eigenvalue weighted by Crippen LogP contribution is 2.27. The van der Waals surface area contributed by atoms with Crippen LogP contribution in [-0.2, 0) is 16.8 Å². The van der Waals surface area contributed by atoms with Crippen molar-refractivity contribution >= 4 is 50.0 Å². The third-order valence-electron chi connectivity index (χ3n) is 4.80. The number of benzene rings is 2. The molecule has 0 saturated carbocycles. The first kappa shape index (κ1) is 22.8. The van der Waals surface area contributed by atoms with E-state index in [9.17, 15) is 8.42 Å². The van der Waals surface area contributed by atoms with Crippen LogP contribution in [0.15, 0.2) is 53.5 Å². The van der Waals surface area contributed by atoms with Crippen molar-refractivity contribution in [2.75, 3.05) is 35.0 Å². The highest BCUT2D eigenvalue weighted by atomic mass is 35.5. The van der Waals surface area contributed by atoms with E-state index in [0.29, 0.717) is 22.5 Å². The lowest BCUT2D eigenvalue weighted by atomic mass is 10.1. The Hall–Kier alpha value is -3.35. The molecule has 4 aromatic rings. The van der Waals surface area contributed by atoms with Crippen molar-refractivity contribution in [3.05, 3.63) is 59.6 Å². The molecule has 0 aliphatic heterocycles. The second-order valence-corrected chi connectivity index (χ2v) is 8.96. The van der Waals surface area contributed by atoms with E-state index in [1.807, 2.05) is 24.3 Å². The molecular formula is C20H23ClN8O3S. The number of halogens is 1. The van der Waals surface area contributed by atoms with Crippen LogP contribution in [0.4, 0.5) is 17.3 Å². The van der Waals surface area contributed by atoms with Crippen molar-refractivity contribution in [3.8, 4) is 0 Å². The molecule has 2 aromatic heterocycles. The van der Waals surface area contributed by atoms with E-state index in [-0.39, 0.29) is 5.95 Å². The van der Waals surface area contributed by atoms with Gasteiger partial charge in [0.15, 0.2) is 0 Å². The van der Waals surface area contributed by atoms with Crippen molar-refractivity contribution in [2.45, 2.75) is 13.5 Å². The molecule has 174 valence electrons. The highest BCUT2D eigenvalue weighted by Gasteiger charge is 2.20. The quantitative estimate of drug-likeness (QED) is 0.234. The standard InChI is InChI=1S/C20H23ClN8O3S/c1-2-22-8-9-23-18-10-15(21)7-6-14(18)11-24-17-4-3-5-19-16(17)12-26-29(19)33(30,31)28-20-25-13-32-27-20/h3-7,10,12-13,22-24H,2,8-9,11H2,1H3,(H,27,28). The lowest BCUT2D eigenvalue weighted by Gasteiger charge is -2.15.